The first-order valence-electron chi connectivity index (χ1n) is 9.51. The molecule has 1 atom stereocenters. The van der Waals surface area contributed by atoms with E-state index in [0.717, 1.165) is 31.4 Å². The fraction of sp³-hybridized carbons (Fsp3) is 0.550. The molecule has 148 valence electrons. The SMILES string of the molecule is NC(=O)CCN(Cc1ccccc1)C(=O)CN1CCCCC1CCC(=O)O. The molecular formula is C20H29N3O4. The third-order valence-electron chi connectivity index (χ3n) is 4.98. The van der Waals surface area contributed by atoms with E-state index in [1.807, 2.05) is 30.3 Å². The van der Waals surface area contributed by atoms with Crippen LogP contribution in [0.2, 0.25) is 0 Å². The molecule has 0 radical (unpaired) electrons. The van der Waals surface area contributed by atoms with Gasteiger partial charge in [-0.2, -0.15) is 0 Å². The number of amides is 2. The first-order valence-corrected chi connectivity index (χ1v) is 9.51. The third kappa shape index (κ3) is 7.38. The Balaban J connectivity index is 2.01. The molecule has 1 aliphatic heterocycles. The quantitative estimate of drug-likeness (QED) is 0.647. The number of likely N-dealkylation sites (tertiary alicyclic amines) is 1. The van der Waals surface area contributed by atoms with E-state index >= 15 is 0 Å². The van der Waals surface area contributed by atoms with Gasteiger partial charge in [-0.15, -0.1) is 0 Å². The minimum Gasteiger partial charge on any atom is -0.481 e. The Morgan fingerprint density at radius 3 is 2.56 bits per heavy atom. The third-order valence-corrected chi connectivity index (χ3v) is 4.98. The monoisotopic (exact) mass is 375 g/mol. The molecule has 0 saturated carbocycles. The number of piperidine rings is 1. The van der Waals surface area contributed by atoms with Gasteiger partial charge in [0, 0.05) is 32.0 Å². The Morgan fingerprint density at radius 2 is 1.89 bits per heavy atom. The lowest BCUT2D eigenvalue weighted by Gasteiger charge is -2.36. The minimum atomic E-state index is -0.806. The number of benzene rings is 1. The summed E-state index contributed by atoms with van der Waals surface area (Å²) >= 11 is 0. The highest BCUT2D eigenvalue weighted by atomic mass is 16.4. The summed E-state index contributed by atoms with van der Waals surface area (Å²) in [6, 6.07) is 9.76. The maximum Gasteiger partial charge on any atom is 0.303 e. The summed E-state index contributed by atoms with van der Waals surface area (Å²) in [5.74, 6) is -1.29. The summed E-state index contributed by atoms with van der Waals surface area (Å²) in [4.78, 5) is 38.8. The zero-order valence-corrected chi connectivity index (χ0v) is 15.7. The van der Waals surface area contributed by atoms with Gasteiger partial charge in [0.1, 0.15) is 0 Å². The molecule has 2 amide bonds. The van der Waals surface area contributed by atoms with Gasteiger partial charge in [0.05, 0.1) is 6.54 Å². The largest absolute Gasteiger partial charge is 0.481 e. The number of carbonyl (C=O) groups excluding carboxylic acids is 2. The zero-order valence-electron chi connectivity index (χ0n) is 15.7. The van der Waals surface area contributed by atoms with E-state index < -0.39 is 11.9 Å². The van der Waals surface area contributed by atoms with E-state index in [1.54, 1.807) is 4.90 Å². The van der Waals surface area contributed by atoms with Crippen LogP contribution in [-0.4, -0.2) is 58.4 Å². The Morgan fingerprint density at radius 1 is 1.15 bits per heavy atom. The smallest absolute Gasteiger partial charge is 0.303 e. The van der Waals surface area contributed by atoms with Crippen LogP contribution in [-0.2, 0) is 20.9 Å². The van der Waals surface area contributed by atoms with Crippen LogP contribution in [0.4, 0.5) is 0 Å². The highest BCUT2D eigenvalue weighted by Crippen LogP contribution is 2.21. The Bertz CT molecular complexity index is 635. The molecule has 0 spiro atoms. The van der Waals surface area contributed by atoms with Crippen LogP contribution in [0.25, 0.3) is 0 Å². The molecule has 0 aliphatic carbocycles. The number of nitrogens with two attached hydrogens (primary N) is 1. The molecule has 0 aromatic heterocycles. The molecule has 1 heterocycles. The fourth-order valence-electron chi connectivity index (χ4n) is 3.50. The van der Waals surface area contributed by atoms with Gasteiger partial charge in [0.15, 0.2) is 0 Å². The number of carboxylic acid groups (broad SMARTS) is 1. The molecule has 2 rings (SSSR count). The normalized spacial score (nSPS) is 17.4. The number of carboxylic acids is 1. The van der Waals surface area contributed by atoms with Gasteiger partial charge in [-0.3, -0.25) is 19.3 Å². The van der Waals surface area contributed by atoms with Crippen molar-refractivity contribution in [3.8, 4) is 0 Å². The van der Waals surface area contributed by atoms with Crippen molar-refractivity contribution < 1.29 is 19.5 Å². The van der Waals surface area contributed by atoms with Crippen molar-refractivity contribution in [2.45, 2.75) is 51.1 Å². The first kappa shape index (κ1) is 20.9. The second-order valence-electron chi connectivity index (χ2n) is 7.07. The predicted octanol–water partition coefficient (Wildman–Crippen LogP) is 1.61. The number of hydrogen-bond acceptors (Lipinski definition) is 4. The summed E-state index contributed by atoms with van der Waals surface area (Å²) in [5.41, 5.74) is 6.26. The van der Waals surface area contributed by atoms with Gasteiger partial charge in [0.2, 0.25) is 11.8 Å². The average Bonchev–Trinajstić information content (AvgIpc) is 2.65. The average molecular weight is 375 g/mol. The summed E-state index contributed by atoms with van der Waals surface area (Å²) in [7, 11) is 0. The second kappa shape index (κ2) is 10.7. The van der Waals surface area contributed by atoms with Crippen molar-refractivity contribution >= 4 is 17.8 Å². The molecule has 27 heavy (non-hydrogen) atoms. The van der Waals surface area contributed by atoms with Crippen LogP contribution >= 0.6 is 0 Å². The molecule has 1 aliphatic rings. The van der Waals surface area contributed by atoms with E-state index in [4.69, 9.17) is 10.8 Å². The second-order valence-corrected chi connectivity index (χ2v) is 7.07. The standard InChI is InChI=1S/C20H29N3O4/c21-18(24)11-13-23(14-16-6-2-1-3-7-16)19(25)15-22-12-5-4-8-17(22)9-10-20(26)27/h1-3,6-7,17H,4-5,8-15H2,(H2,21,24)(H,26,27). The maximum atomic E-state index is 12.9. The summed E-state index contributed by atoms with van der Waals surface area (Å²) in [5, 5.41) is 8.95. The van der Waals surface area contributed by atoms with Gasteiger partial charge < -0.3 is 15.7 Å². The van der Waals surface area contributed by atoms with Crippen molar-refractivity contribution in [2.75, 3.05) is 19.6 Å². The molecule has 1 saturated heterocycles. The topological polar surface area (TPSA) is 104 Å². The summed E-state index contributed by atoms with van der Waals surface area (Å²) in [6.07, 6.45) is 3.79. The summed E-state index contributed by atoms with van der Waals surface area (Å²) < 4.78 is 0. The lowest BCUT2D eigenvalue weighted by atomic mass is 9.98. The van der Waals surface area contributed by atoms with Crippen molar-refractivity contribution in [3.05, 3.63) is 35.9 Å². The van der Waals surface area contributed by atoms with E-state index in [9.17, 15) is 14.4 Å². The van der Waals surface area contributed by atoms with Crippen molar-refractivity contribution in [3.63, 3.8) is 0 Å². The van der Waals surface area contributed by atoms with Crippen LogP contribution in [0, 0.1) is 0 Å². The van der Waals surface area contributed by atoms with Crippen LogP contribution < -0.4 is 5.73 Å². The lowest BCUT2D eigenvalue weighted by molar-refractivity contribution is -0.137. The Kier molecular flexibility index (Phi) is 8.26. The van der Waals surface area contributed by atoms with Crippen molar-refractivity contribution in [2.24, 2.45) is 5.73 Å². The molecule has 3 N–H and O–H groups in total. The number of rotatable bonds is 10. The van der Waals surface area contributed by atoms with Gasteiger partial charge in [-0.05, 0) is 31.4 Å². The first-order chi connectivity index (χ1) is 13.0. The molecule has 1 unspecified atom stereocenters. The van der Waals surface area contributed by atoms with Crippen LogP contribution in [0.15, 0.2) is 30.3 Å². The lowest BCUT2D eigenvalue weighted by Crippen LogP contribution is -2.47. The van der Waals surface area contributed by atoms with E-state index in [2.05, 4.69) is 4.90 Å². The van der Waals surface area contributed by atoms with Gasteiger partial charge in [0.25, 0.3) is 0 Å². The van der Waals surface area contributed by atoms with Crippen LogP contribution in [0.1, 0.15) is 44.1 Å². The number of primary amides is 1. The molecule has 7 heteroatoms. The summed E-state index contributed by atoms with van der Waals surface area (Å²) in [6.45, 7) is 1.76. The van der Waals surface area contributed by atoms with E-state index in [-0.39, 0.29) is 37.9 Å². The maximum absolute atomic E-state index is 12.9. The number of hydrogen-bond donors (Lipinski definition) is 2. The van der Waals surface area contributed by atoms with Gasteiger partial charge >= 0.3 is 5.97 Å². The molecule has 7 nitrogen and oxygen atoms in total. The minimum absolute atomic E-state index is 0.0534. The Labute approximate surface area is 160 Å². The van der Waals surface area contributed by atoms with Crippen molar-refractivity contribution in [1.29, 1.82) is 0 Å². The van der Waals surface area contributed by atoms with E-state index in [1.165, 1.54) is 0 Å². The fourth-order valence-corrected chi connectivity index (χ4v) is 3.50. The predicted molar refractivity (Wildman–Crippen MR) is 102 cm³/mol. The molecular weight excluding hydrogens is 346 g/mol. The number of nitrogens with zero attached hydrogens (tertiary/aromatic N) is 2. The zero-order chi connectivity index (χ0) is 19.6. The highest BCUT2D eigenvalue weighted by molar-refractivity contribution is 5.79. The van der Waals surface area contributed by atoms with Crippen LogP contribution in [0.3, 0.4) is 0 Å². The van der Waals surface area contributed by atoms with Gasteiger partial charge in [-0.1, -0.05) is 36.8 Å². The number of aliphatic carboxylic acids is 1. The molecule has 1 aromatic rings. The van der Waals surface area contributed by atoms with Gasteiger partial charge in [-0.25, -0.2) is 0 Å². The van der Waals surface area contributed by atoms with Crippen LogP contribution in [0.5, 0.6) is 0 Å². The van der Waals surface area contributed by atoms with Crippen molar-refractivity contribution in [1.82, 2.24) is 9.80 Å². The highest BCUT2D eigenvalue weighted by Gasteiger charge is 2.26. The molecule has 1 aromatic carbocycles. The molecule has 0 bridgehead atoms. The van der Waals surface area contributed by atoms with E-state index in [0.29, 0.717) is 13.0 Å². The molecule has 1 fully saturated rings. The number of carbonyl (C=O) groups is 3. The Hall–Kier alpha value is -2.41.